The van der Waals surface area contributed by atoms with E-state index in [0.717, 1.165) is 12.8 Å². The molecular weight excluding hydrogens is 236 g/mol. The fraction of sp³-hybridized carbons (Fsp3) is 0.500. The van der Waals surface area contributed by atoms with E-state index in [1.165, 1.54) is 6.07 Å². The van der Waals surface area contributed by atoms with Gasteiger partial charge in [-0.15, -0.1) is 0 Å². The number of ether oxygens (including phenoxy) is 2. The van der Waals surface area contributed by atoms with Crippen LogP contribution in [0.3, 0.4) is 0 Å². The van der Waals surface area contributed by atoms with E-state index in [1.807, 2.05) is 0 Å². The Kier molecular flexibility index (Phi) is 6.10. The minimum Gasteiger partial charge on any atom is -0.487 e. The van der Waals surface area contributed by atoms with Gasteiger partial charge < -0.3 is 15.2 Å². The quantitative estimate of drug-likeness (QED) is 0.434. The van der Waals surface area contributed by atoms with Crippen molar-refractivity contribution in [1.29, 1.82) is 0 Å². The Morgan fingerprint density at radius 3 is 2.67 bits per heavy atom. The molecule has 0 spiro atoms. The molecule has 0 atom stereocenters. The fourth-order valence-electron chi connectivity index (χ4n) is 1.49. The van der Waals surface area contributed by atoms with Gasteiger partial charge in [-0.1, -0.05) is 6.07 Å². The number of hydrogen-bond donors (Lipinski definition) is 1. The molecule has 18 heavy (non-hydrogen) atoms. The topological polar surface area (TPSA) is 87.6 Å². The lowest BCUT2D eigenvalue weighted by Gasteiger charge is -2.07. The number of nitrogens with two attached hydrogens (primary N) is 1. The molecule has 0 fully saturated rings. The highest BCUT2D eigenvalue weighted by atomic mass is 16.6. The van der Waals surface area contributed by atoms with Gasteiger partial charge in [-0.05, 0) is 24.5 Å². The fourth-order valence-corrected chi connectivity index (χ4v) is 1.49. The molecule has 0 bridgehead atoms. The summed E-state index contributed by atoms with van der Waals surface area (Å²) in [4.78, 5) is 10.4. The molecule has 0 unspecified atom stereocenters. The minimum absolute atomic E-state index is 0.0373. The highest BCUT2D eigenvalue weighted by Crippen LogP contribution is 2.27. The van der Waals surface area contributed by atoms with Gasteiger partial charge >= 0.3 is 5.69 Å². The summed E-state index contributed by atoms with van der Waals surface area (Å²) in [6, 6.07) is 4.78. The van der Waals surface area contributed by atoms with E-state index in [0.29, 0.717) is 18.8 Å². The molecule has 2 N–H and O–H groups in total. The van der Waals surface area contributed by atoms with Crippen LogP contribution in [-0.4, -0.2) is 25.2 Å². The van der Waals surface area contributed by atoms with Gasteiger partial charge in [-0.3, -0.25) is 10.1 Å². The Balaban J connectivity index is 2.61. The highest BCUT2D eigenvalue weighted by molar-refractivity contribution is 5.48. The number of rotatable bonds is 8. The van der Waals surface area contributed by atoms with E-state index in [2.05, 4.69) is 0 Å². The van der Waals surface area contributed by atoms with Crippen molar-refractivity contribution in [1.82, 2.24) is 0 Å². The summed E-state index contributed by atoms with van der Waals surface area (Å²) in [5, 5.41) is 10.9. The monoisotopic (exact) mass is 254 g/mol. The Morgan fingerprint density at radius 2 is 2.06 bits per heavy atom. The van der Waals surface area contributed by atoms with Crippen molar-refractivity contribution >= 4 is 5.69 Å². The maximum absolute atomic E-state index is 10.9. The molecule has 0 radical (unpaired) electrons. The van der Waals surface area contributed by atoms with E-state index < -0.39 is 4.92 Å². The second kappa shape index (κ2) is 7.62. The van der Waals surface area contributed by atoms with E-state index in [-0.39, 0.29) is 18.0 Å². The summed E-state index contributed by atoms with van der Waals surface area (Å²) >= 11 is 0. The molecule has 1 aromatic rings. The largest absolute Gasteiger partial charge is 0.487 e. The lowest BCUT2D eigenvalue weighted by atomic mass is 10.2. The number of nitro benzene ring substituents is 1. The maximum atomic E-state index is 10.9. The van der Waals surface area contributed by atoms with Gasteiger partial charge in [0.15, 0.2) is 5.75 Å². The van der Waals surface area contributed by atoms with E-state index in [4.69, 9.17) is 15.2 Å². The van der Waals surface area contributed by atoms with Crippen molar-refractivity contribution in [3.8, 4) is 5.75 Å². The van der Waals surface area contributed by atoms with E-state index in [1.54, 1.807) is 19.2 Å². The smallest absolute Gasteiger partial charge is 0.311 e. The SMILES string of the molecule is COCCCCOc1ccc(CN)cc1[N+](=O)[O-]. The second-order valence-electron chi connectivity index (χ2n) is 3.81. The van der Waals surface area contributed by atoms with Gasteiger partial charge in [0.25, 0.3) is 0 Å². The van der Waals surface area contributed by atoms with Crippen LogP contribution in [0.2, 0.25) is 0 Å². The second-order valence-corrected chi connectivity index (χ2v) is 3.81. The zero-order chi connectivity index (χ0) is 13.4. The Morgan fingerprint density at radius 1 is 1.33 bits per heavy atom. The maximum Gasteiger partial charge on any atom is 0.311 e. The number of unbranched alkanes of at least 4 members (excludes halogenated alkanes) is 1. The summed E-state index contributed by atoms with van der Waals surface area (Å²) in [6.07, 6.45) is 1.66. The number of benzene rings is 1. The van der Waals surface area contributed by atoms with Crippen LogP contribution in [0.25, 0.3) is 0 Å². The molecule has 0 heterocycles. The lowest BCUT2D eigenvalue weighted by molar-refractivity contribution is -0.385. The molecule has 0 aliphatic carbocycles. The molecule has 0 saturated carbocycles. The molecule has 0 aliphatic heterocycles. The molecule has 1 aromatic carbocycles. The average molecular weight is 254 g/mol. The summed E-state index contributed by atoms with van der Waals surface area (Å²) in [7, 11) is 1.64. The first kappa shape index (κ1) is 14.4. The number of hydrogen-bond acceptors (Lipinski definition) is 5. The Hall–Kier alpha value is -1.66. The van der Waals surface area contributed by atoms with Crippen LogP contribution < -0.4 is 10.5 Å². The molecule has 0 amide bonds. The van der Waals surface area contributed by atoms with Crippen molar-refractivity contribution < 1.29 is 14.4 Å². The molecule has 1 rings (SSSR count). The minimum atomic E-state index is -0.455. The number of nitro groups is 1. The summed E-state index contributed by atoms with van der Waals surface area (Å²) < 4.78 is 10.3. The van der Waals surface area contributed by atoms with Crippen molar-refractivity contribution in [2.75, 3.05) is 20.3 Å². The molecule has 6 heteroatoms. The van der Waals surface area contributed by atoms with Crippen LogP contribution >= 0.6 is 0 Å². The van der Waals surface area contributed by atoms with Gasteiger partial charge in [-0.2, -0.15) is 0 Å². The Bertz CT molecular complexity index is 396. The molecular formula is C12H18N2O4. The number of nitrogens with zero attached hydrogens (tertiary/aromatic N) is 1. The van der Waals surface area contributed by atoms with Crippen LogP contribution in [-0.2, 0) is 11.3 Å². The third-order valence-corrected chi connectivity index (χ3v) is 2.46. The molecule has 0 saturated heterocycles. The van der Waals surface area contributed by atoms with Crippen molar-refractivity contribution in [3.05, 3.63) is 33.9 Å². The van der Waals surface area contributed by atoms with Crippen LogP contribution in [0, 0.1) is 10.1 Å². The van der Waals surface area contributed by atoms with Crippen LogP contribution in [0.15, 0.2) is 18.2 Å². The van der Waals surface area contributed by atoms with E-state index in [9.17, 15) is 10.1 Å². The first-order valence-corrected chi connectivity index (χ1v) is 5.78. The predicted octanol–water partition coefficient (Wildman–Crippen LogP) is 1.86. The molecule has 6 nitrogen and oxygen atoms in total. The standard InChI is InChI=1S/C12H18N2O4/c1-17-6-2-3-7-18-12-5-4-10(9-13)8-11(12)14(15)16/h4-5,8H,2-3,6-7,9,13H2,1H3. The predicted molar refractivity (Wildman–Crippen MR) is 67.6 cm³/mol. The summed E-state index contributed by atoms with van der Waals surface area (Å²) in [5.41, 5.74) is 6.13. The first-order chi connectivity index (χ1) is 8.69. The zero-order valence-electron chi connectivity index (χ0n) is 10.4. The normalized spacial score (nSPS) is 10.3. The summed E-state index contributed by atoms with van der Waals surface area (Å²) in [5.74, 6) is 0.287. The lowest BCUT2D eigenvalue weighted by Crippen LogP contribution is -2.03. The van der Waals surface area contributed by atoms with Gasteiger partial charge in [-0.25, -0.2) is 0 Å². The number of methoxy groups -OCH3 is 1. The third-order valence-electron chi connectivity index (χ3n) is 2.46. The van der Waals surface area contributed by atoms with Crippen molar-refractivity contribution in [3.63, 3.8) is 0 Å². The van der Waals surface area contributed by atoms with Crippen LogP contribution in [0.5, 0.6) is 5.75 Å². The van der Waals surface area contributed by atoms with Crippen LogP contribution in [0.4, 0.5) is 5.69 Å². The van der Waals surface area contributed by atoms with Gasteiger partial charge in [0.2, 0.25) is 0 Å². The average Bonchev–Trinajstić information content (AvgIpc) is 2.38. The third kappa shape index (κ3) is 4.31. The molecule has 100 valence electrons. The molecule has 0 aromatic heterocycles. The van der Waals surface area contributed by atoms with Crippen molar-refractivity contribution in [2.45, 2.75) is 19.4 Å². The Labute approximate surface area is 106 Å². The van der Waals surface area contributed by atoms with E-state index >= 15 is 0 Å². The first-order valence-electron chi connectivity index (χ1n) is 5.78. The molecule has 0 aliphatic rings. The van der Waals surface area contributed by atoms with Gasteiger partial charge in [0, 0.05) is 26.3 Å². The van der Waals surface area contributed by atoms with Gasteiger partial charge in [0.05, 0.1) is 11.5 Å². The van der Waals surface area contributed by atoms with Crippen molar-refractivity contribution in [2.24, 2.45) is 5.73 Å². The summed E-state index contributed by atoms with van der Waals surface area (Å²) in [6.45, 7) is 1.37. The zero-order valence-corrected chi connectivity index (χ0v) is 10.4. The highest BCUT2D eigenvalue weighted by Gasteiger charge is 2.15. The van der Waals surface area contributed by atoms with Gasteiger partial charge in [0.1, 0.15) is 0 Å². The van der Waals surface area contributed by atoms with Crippen LogP contribution in [0.1, 0.15) is 18.4 Å².